The van der Waals surface area contributed by atoms with Crippen molar-refractivity contribution in [3.05, 3.63) is 54.1 Å². The molecule has 11 nitrogen and oxygen atoms in total. The number of phenolic OH excluding ortho intramolecular Hbond substituents is 1. The molecule has 3 aromatic carbocycles. The molecular formula is C19H16ClNO10S3. The van der Waals surface area contributed by atoms with Crippen LogP contribution in [-0.4, -0.2) is 57.0 Å². The molecule has 0 unspecified atom stereocenters. The Hall–Kier alpha value is -2.75. The number of nitrogens with one attached hydrogen (secondary N) is 1. The van der Waals surface area contributed by atoms with Crippen molar-refractivity contribution >= 4 is 64.0 Å². The zero-order chi connectivity index (χ0) is 25.5. The molecule has 0 spiro atoms. The third kappa shape index (κ3) is 5.16. The van der Waals surface area contributed by atoms with Crippen molar-refractivity contribution in [2.24, 2.45) is 0 Å². The van der Waals surface area contributed by atoms with Crippen LogP contribution in [0.25, 0.3) is 10.8 Å². The summed E-state index contributed by atoms with van der Waals surface area (Å²) in [5.74, 6) is -2.95. The lowest BCUT2D eigenvalue weighted by molar-refractivity contribution is 0.102. The molecule has 0 saturated carbocycles. The molecule has 0 aromatic heterocycles. The van der Waals surface area contributed by atoms with Crippen LogP contribution >= 0.6 is 11.6 Å². The Labute approximate surface area is 199 Å². The molecule has 0 radical (unpaired) electrons. The highest BCUT2D eigenvalue weighted by atomic mass is 35.5. The van der Waals surface area contributed by atoms with Gasteiger partial charge < -0.3 is 10.4 Å². The molecule has 34 heavy (non-hydrogen) atoms. The highest BCUT2D eigenvalue weighted by Gasteiger charge is 2.31. The van der Waals surface area contributed by atoms with Gasteiger partial charge in [0.25, 0.3) is 26.1 Å². The van der Waals surface area contributed by atoms with Gasteiger partial charge in [0.2, 0.25) is 0 Å². The molecule has 0 aliphatic heterocycles. The number of phenols is 1. The van der Waals surface area contributed by atoms with Crippen LogP contribution in [-0.2, 0) is 30.1 Å². The summed E-state index contributed by atoms with van der Waals surface area (Å²) in [4.78, 5) is 9.45. The van der Waals surface area contributed by atoms with Crippen LogP contribution in [0.3, 0.4) is 0 Å². The quantitative estimate of drug-likeness (QED) is 0.251. The summed E-state index contributed by atoms with van der Waals surface area (Å²) in [6.45, 7) is 0. The Morgan fingerprint density at radius 2 is 1.53 bits per heavy atom. The van der Waals surface area contributed by atoms with Gasteiger partial charge in [-0.15, -0.1) is 11.6 Å². The van der Waals surface area contributed by atoms with Gasteiger partial charge in [0, 0.05) is 28.3 Å². The van der Waals surface area contributed by atoms with Crippen molar-refractivity contribution in [1.82, 2.24) is 0 Å². The minimum atomic E-state index is -5.36. The van der Waals surface area contributed by atoms with Crippen LogP contribution in [0.2, 0.25) is 0 Å². The molecule has 0 bridgehead atoms. The zero-order valence-corrected chi connectivity index (χ0v) is 20.0. The second kappa shape index (κ2) is 9.13. The summed E-state index contributed by atoms with van der Waals surface area (Å²) in [6, 6.07) is 9.38. The Morgan fingerprint density at radius 1 is 0.912 bits per heavy atom. The summed E-state index contributed by atoms with van der Waals surface area (Å²) >= 11 is 5.52. The fraction of sp³-hybridized carbons (Fsp3) is 0.105. The summed E-state index contributed by atoms with van der Waals surface area (Å²) < 4.78 is 92.6. The van der Waals surface area contributed by atoms with Crippen LogP contribution < -0.4 is 5.32 Å². The van der Waals surface area contributed by atoms with Gasteiger partial charge in [-0.3, -0.25) is 13.9 Å². The molecule has 182 valence electrons. The summed E-state index contributed by atoms with van der Waals surface area (Å²) in [5, 5.41) is 11.6. The number of amides is 1. The maximum atomic E-state index is 12.8. The minimum absolute atomic E-state index is 0.119. The third-order valence-electron chi connectivity index (χ3n) is 4.63. The van der Waals surface area contributed by atoms with E-state index in [9.17, 15) is 44.3 Å². The van der Waals surface area contributed by atoms with Gasteiger partial charge in [0.05, 0.1) is 21.2 Å². The Morgan fingerprint density at radius 3 is 2.06 bits per heavy atom. The number of carbonyl (C=O) groups is 1. The molecule has 0 aliphatic rings. The van der Waals surface area contributed by atoms with Crippen molar-refractivity contribution in [1.29, 1.82) is 0 Å². The molecule has 3 aromatic rings. The van der Waals surface area contributed by atoms with Crippen molar-refractivity contribution in [2.45, 2.75) is 14.7 Å². The molecular weight excluding hydrogens is 534 g/mol. The van der Waals surface area contributed by atoms with E-state index in [0.29, 0.717) is 18.2 Å². The fourth-order valence-electron chi connectivity index (χ4n) is 3.20. The number of aromatic hydroxyl groups is 1. The first-order valence-electron chi connectivity index (χ1n) is 9.10. The van der Waals surface area contributed by atoms with Gasteiger partial charge in [-0.25, -0.2) is 8.42 Å². The molecule has 1 amide bonds. The van der Waals surface area contributed by atoms with Crippen molar-refractivity contribution in [3.63, 3.8) is 0 Å². The molecule has 0 aliphatic carbocycles. The fourth-order valence-corrected chi connectivity index (χ4v) is 6.90. The van der Waals surface area contributed by atoms with E-state index in [1.54, 1.807) is 18.2 Å². The van der Waals surface area contributed by atoms with Crippen LogP contribution in [0, 0.1) is 0 Å². The topological polar surface area (TPSA) is 192 Å². The van der Waals surface area contributed by atoms with E-state index in [4.69, 9.17) is 11.6 Å². The predicted octanol–water partition coefficient (Wildman–Crippen LogP) is 2.30. The van der Waals surface area contributed by atoms with Gasteiger partial charge in [0.1, 0.15) is 10.6 Å². The van der Waals surface area contributed by atoms with Crippen LogP contribution in [0.1, 0.15) is 10.4 Å². The smallest absolute Gasteiger partial charge is 0.296 e. The number of carbonyl (C=O) groups excluding carboxylic acids is 1. The summed E-state index contributed by atoms with van der Waals surface area (Å²) in [7, 11) is -14.9. The van der Waals surface area contributed by atoms with E-state index < -0.39 is 84.5 Å². The Bertz CT molecular complexity index is 1620. The number of alkyl halides is 1. The van der Waals surface area contributed by atoms with Gasteiger partial charge in [-0.2, -0.15) is 16.8 Å². The first-order valence-corrected chi connectivity index (χ1v) is 14.2. The number of hydrogen-bond donors (Lipinski definition) is 4. The average Bonchev–Trinajstić information content (AvgIpc) is 2.72. The molecule has 0 saturated heterocycles. The molecule has 15 heteroatoms. The molecule has 0 heterocycles. The molecule has 0 fully saturated rings. The van der Waals surface area contributed by atoms with Gasteiger partial charge >= 0.3 is 0 Å². The maximum absolute atomic E-state index is 12.8. The van der Waals surface area contributed by atoms with Crippen LogP contribution in [0.15, 0.2) is 63.2 Å². The number of sulfone groups is 1. The lowest BCUT2D eigenvalue weighted by Crippen LogP contribution is -2.17. The van der Waals surface area contributed by atoms with Gasteiger partial charge in [-0.05, 0) is 24.3 Å². The van der Waals surface area contributed by atoms with E-state index in [1.165, 1.54) is 12.1 Å². The first-order chi connectivity index (χ1) is 15.7. The van der Waals surface area contributed by atoms with Crippen LogP contribution in [0.5, 0.6) is 5.75 Å². The van der Waals surface area contributed by atoms with Gasteiger partial charge in [0.15, 0.2) is 9.84 Å². The lowest BCUT2D eigenvalue weighted by atomic mass is 10.1. The second-order valence-electron chi connectivity index (χ2n) is 6.89. The van der Waals surface area contributed by atoms with E-state index in [0.717, 1.165) is 0 Å². The summed E-state index contributed by atoms with van der Waals surface area (Å²) in [5.41, 5.74) is -0.294. The highest BCUT2D eigenvalue weighted by Crippen LogP contribution is 2.42. The zero-order valence-electron chi connectivity index (χ0n) is 16.8. The molecule has 0 atom stereocenters. The van der Waals surface area contributed by atoms with Crippen molar-refractivity contribution < 1.29 is 44.3 Å². The monoisotopic (exact) mass is 549 g/mol. The SMILES string of the molecule is O=C(Nc1cc(S(=O)(=O)CCCl)c(S(=O)(=O)O)c2cc(S(=O)(=O)O)cc(O)c12)c1ccccc1. The van der Waals surface area contributed by atoms with E-state index in [2.05, 4.69) is 5.32 Å². The number of halogens is 1. The van der Waals surface area contributed by atoms with E-state index >= 15 is 0 Å². The highest BCUT2D eigenvalue weighted by molar-refractivity contribution is 7.93. The third-order valence-corrected chi connectivity index (χ3v) is 8.69. The van der Waals surface area contributed by atoms with Gasteiger partial charge in [-0.1, -0.05) is 18.2 Å². The number of fused-ring (bicyclic) bond motifs is 1. The molecule has 3 rings (SSSR count). The average molecular weight is 550 g/mol. The minimum Gasteiger partial charge on any atom is -0.507 e. The maximum Gasteiger partial charge on any atom is 0.296 e. The van der Waals surface area contributed by atoms with E-state index in [1.807, 2.05) is 0 Å². The number of benzene rings is 3. The normalized spacial score (nSPS) is 12.6. The number of rotatable bonds is 7. The standard InChI is InChI=1S/C19H16ClNO10S3/c20-6-7-32(24,25)16-10-14(21-19(23)11-4-2-1-3-5-11)17-13(18(16)34(29,30)31)8-12(9-15(17)22)33(26,27)28/h1-5,8-10,22H,6-7H2,(H,21,23)(H,26,27,28)(H,29,30,31). The number of hydrogen-bond acceptors (Lipinski definition) is 8. The number of anilines is 1. The molecule has 4 N–H and O–H groups in total. The lowest BCUT2D eigenvalue weighted by Gasteiger charge is -2.17. The second-order valence-corrected chi connectivity index (χ2v) is 12.1. The largest absolute Gasteiger partial charge is 0.507 e. The Kier molecular flexibility index (Phi) is 6.94. The Balaban J connectivity index is 2.50. The predicted molar refractivity (Wildman–Crippen MR) is 122 cm³/mol. The first kappa shape index (κ1) is 25.9. The van der Waals surface area contributed by atoms with E-state index in [-0.39, 0.29) is 5.56 Å². The van der Waals surface area contributed by atoms with Crippen molar-refractivity contribution in [3.8, 4) is 5.75 Å². The summed E-state index contributed by atoms with van der Waals surface area (Å²) in [6.07, 6.45) is 0. The van der Waals surface area contributed by atoms with Crippen LogP contribution in [0.4, 0.5) is 5.69 Å². The van der Waals surface area contributed by atoms with Crippen molar-refractivity contribution in [2.75, 3.05) is 16.9 Å².